The summed E-state index contributed by atoms with van der Waals surface area (Å²) in [6.45, 7) is 2.37. The number of carbonyl (C=O) groups excluding carboxylic acids is 2. The largest absolute Gasteiger partial charge is 0.493 e. The molecule has 1 aromatic heterocycles. The number of aromatic amines is 1. The van der Waals surface area contributed by atoms with Crippen LogP contribution in [0.2, 0.25) is 0 Å². The maximum atomic E-state index is 12.3. The van der Waals surface area contributed by atoms with Crippen LogP contribution < -0.4 is 20.3 Å². The molecule has 29 heavy (non-hydrogen) atoms. The van der Waals surface area contributed by atoms with Crippen LogP contribution in [0.1, 0.15) is 35.7 Å². The number of carbonyl (C=O) groups is 2. The molecule has 0 aliphatic heterocycles. The number of hydrogen-bond donors (Lipinski definition) is 3. The van der Waals surface area contributed by atoms with E-state index >= 15 is 0 Å². The van der Waals surface area contributed by atoms with Gasteiger partial charge in [-0.1, -0.05) is 18.2 Å². The van der Waals surface area contributed by atoms with E-state index < -0.39 is 5.91 Å². The first-order valence-corrected chi connectivity index (χ1v) is 9.57. The number of para-hydroxylation sites is 1. The lowest BCUT2D eigenvalue weighted by Gasteiger charge is -2.11. The van der Waals surface area contributed by atoms with Crippen LogP contribution in [0, 0.1) is 0 Å². The highest BCUT2D eigenvalue weighted by Gasteiger charge is 2.12. The van der Waals surface area contributed by atoms with Gasteiger partial charge in [-0.15, -0.1) is 0 Å². The number of aryl methyl sites for hydroxylation is 1. The van der Waals surface area contributed by atoms with Crippen molar-refractivity contribution >= 4 is 22.7 Å². The Bertz CT molecular complexity index is 997. The number of amides is 2. The molecule has 3 rings (SSSR count). The first-order valence-electron chi connectivity index (χ1n) is 9.57. The standard InChI is InChI=1S/C22H25N3O4/c1-3-29-19-12-11-15(13-20(19)28-2)22(27)25-24-21(26)10-6-7-16-14-23-18-9-5-4-8-17(16)18/h4-5,8-9,11-14,23H,3,6-7,10H2,1-2H3,(H,24,26)(H,25,27). The fraction of sp³-hybridized carbons (Fsp3) is 0.273. The van der Waals surface area contributed by atoms with Crippen LogP contribution in [0.3, 0.4) is 0 Å². The molecule has 3 aromatic rings. The Labute approximate surface area is 169 Å². The summed E-state index contributed by atoms with van der Waals surface area (Å²) in [4.78, 5) is 27.6. The Kier molecular flexibility index (Phi) is 6.73. The summed E-state index contributed by atoms with van der Waals surface area (Å²) in [5.41, 5.74) is 7.52. The molecule has 0 aliphatic rings. The van der Waals surface area contributed by atoms with Gasteiger partial charge in [0.2, 0.25) is 5.91 Å². The van der Waals surface area contributed by atoms with Crippen molar-refractivity contribution in [3.63, 3.8) is 0 Å². The van der Waals surface area contributed by atoms with Crippen molar-refractivity contribution in [1.82, 2.24) is 15.8 Å². The zero-order valence-corrected chi connectivity index (χ0v) is 16.6. The van der Waals surface area contributed by atoms with Gasteiger partial charge >= 0.3 is 0 Å². The lowest BCUT2D eigenvalue weighted by molar-refractivity contribution is -0.121. The van der Waals surface area contributed by atoms with E-state index in [0.29, 0.717) is 36.5 Å². The molecular weight excluding hydrogens is 370 g/mol. The summed E-state index contributed by atoms with van der Waals surface area (Å²) in [6, 6.07) is 12.9. The third-order valence-electron chi connectivity index (χ3n) is 4.57. The maximum Gasteiger partial charge on any atom is 0.269 e. The lowest BCUT2D eigenvalue weighted by Crippen LogP contribution is -2.41. The second-order valence-electron chi connectivity index (χ2n) is 6.51. The number of methoxy groups -OCH3 is 1. The summed E-state index contributed by atoms with van der Waals surface area (Å²) in [5, 5.41) is 1.17. The number of nitrogens with one attached hydrogen (secondary N) is 3. The molecule has 0 aliphatic carbocycles. The van der Waals surface area contributed by atoms with Crippen molar-refractivity contribution in [1.29, 1.82) is 0 Å². The lowest BCUT2D eigenvalue weighted by atomic mass is 10.1. The van der Waals surface area contributed by atoms with Crippen LogP contribution in [0.4, 0.5) is 0 Å². The summed E-state index contributed by atoms with van der Waals surface area (Å²) in [5.74, 6) is 0.366. The van der Waals surface area contributed by atoms with Gasteiger partial charge in [0.25, 0.3) is 5.91 Å². The van der Waals surface area contributed by atoms with Crippen LogP contribution in [-0.2, 0) is 11.2 Å². The predicted molar refractivity (Wildman–Crippen MR) is 111 cm³/mol. The van der Waals surface area contributed by atoms with E-state index in [2.05, 4.69) is 21.9 Å². The minimum Gasteiger partial charge on any atom is -0.493 e. The van der Waals surface area contributed by atoms with E-state index in [-0.39, 0.29) is 5.91 Å². The number of aromatic nitrogens is 1. The van der Waals surface area contributed by atoms with Crippen molar-refractivity contribution in [3.05, 3.63) is 59.8 Å². The molecule has 0 fully saturated rings. The zero-order chi connectivity index (χ0) is 20.6. The van der Waals surface area contributed by atoms with Gasteiger partial charge in [-0.2, -0.15) is 0 Å². The van der Waals surface area contributed by atoms with Crippen molar-refractivity contribution in [2.24, 2.45) is 0 Å². The minimum atomic E-state index is -0.420. The number of hydrogen-bond acceptors (Lipinski definition) is 4. The molecule has 0 atom stereocenters. The van der Waals surface area contributed by atoms with E-state index in [9.17, 15) is 9.59 Å². The summed E-state index contributed by atoms with van der Waals surface area (Å²) < 4.78 is 10.7. The molecule has 0 saturated heterocycles. The average Bonchev–Trinajstić information content (AvgIpc) is 3.15. The fourth-order valence-electron chi connectivity index (χ4n) is 3.12. The number of rotatable bonds is 8. The normalized spacial score (nSPS) is 10.6. The maximum absolute atomic E-state index is 12.3. The third-order valence-corrected chi connectivity index (χ3v) is 4.57. The molecule has 0 bridgehead atoms. The summed E-state index contributed by atoms with van der Waals surface area (Å²) >= 11 is 0. The number of benzene rings is 2. The first kappa shape index (κ1) is 20.3. The minimum absolute atomic E-state index is 0.240. The first-order chi connectivity index (χ1) is 14.1. The topological polar surface area (TPSA) is 92.5 Å². The molecule has 1 heterocycles. The molecule has 2 aromatic carbocycles. The SMILES string of the molecule is CCOc1ccc(C(=O)NNC(=O)CCCc2c[nH]c3ccccc23)cc1OC. The number of fused-ring (bicyclic) bond motifs is 1. The molecule has 0 saturated carbocycles. The van der Waals surface area contributed by atoms with Gasteiger partial charge in [0, 0.05) is 29.1 Å². The molecule has 0 radical (unpaired) electrons. The Morgan fingerprint density at radius 3 is 2.69 bits per heavy atom. The zero-order valence-electron chi connectivity index (χ0n) is 16.6. The molecule has 7 nitrogen and oxygen atoms in total. The van der Waals surface area contributed by atoms with Gasteiger partial charge in [0.1, 0.15) is 0 Å². The smallest absolute Gasteiger partial charge is 0.269 e. The van der Waals surface area contributed by atoms with E-state index in [0.717, 1.165) is 11.9 Å². The molecular formula is C22H25N3O4. The summed E-state index contributed by atoms with van der Waals surface area (Å²) in [7, 11) is 1.51. The van der Waals surface area contributed by atoms with Gasteiger partial charge in [-0.05, 0) is 49.6 Å². The third kappa shape index (κ3) is 5.07. The van der Waals surface area contributed by atoms with Crippen molar-refractivity contribution < 1.29 is 19.1 Å². The second kappa shape index (κ2) is 9.64. The monoisotopic (exact) mass is 395 g/mol. The number of ether oxygens (including phenoxy) is 2. The Balaban J connectivity index is 1.47. The fourth-order valence-corrected chi connectivity index (χ4v) is 3.12. The summed E-state index contributed by atoms with van der Waals surface area (Å²) in [6.07, 6.45) is 3.75. The highest BCUT2D eigenvalue weighted by molar-refractivity contribution is 5.96. The molecule has 0 unspecified atom stereocenters. The van der Waals surface area contributed by atoms with E-state index in [1.165, 1.54) is 18.1 Å². The predicted octanol–water partition coefficient (Wildman–Crippen LogP) is 3.36. The van der Waals surface area contributed by atoms with Crippen molar-refractivity contribution in [2.75, 3.05) is 13.7 Å². The van der Waals surface area contributed by atoms with Crippen LogP contribution in [-0.4, -0.2) is 30.5 Å². The average molecular weight is 395 g/mol. The van der Waals surface area contributed by atoms with Crippen LogP contribution in [0.5, 0.6) is 11.5 Å². The second-order valence-corrected chi connectivity index (χ2v) is 6.51. The van der Waals surface area contributed by atoms with Crippen LogP contribution in [0.15, 0.2) is 48.7 Å². The Hall–Kier alpha value is -3.48. The van der Waals surface area contributed by atoms with E-state index in [1.807, 2.05) is 31.3 Å². The van der Waals surface area contributed by atoms with E-state index in [1.54, 1.807) is 18.2 Å². The van der Waals surface area contributed by atoms with E-state index in [4.69, 9.17) is 9.47 Å². The molecule has 3 N–H and O–H groups in total. The number of H-pyrrole nitrogens is 1. The highest BCUT2D eigenvalue weighted by atomic mass is 16.5. The van der Waals surface area contributed by atoms with Crippen molar-refractivity contribution in [2.45, 2.75) is 26.2 Å². The van der Waals surface area contributed by atoms with Crippen LogP contribution in [0.25, 0.3) is 10.9 Å². The van der Waals surface area contributed by atoms with Gasteiger partial charge in [-0.3, -0.25) is 20.4 Å². The molecule has 7 heteroatoms. The van der Waals surface area contributed by atoms with Gasteiger partial charge in [0.15, 0.2) is 11.5 Å². The molecule has 0 spiro atoms. The molecule has 2 amide bonds. The molecule has 152 valence electrons. The highest BCUT2D eigenvalue weighted by Crippen LogP contribution is 2.28. The van der Waals surface area contributed by atoms with Crippen molar-refractivity contribution in [3.8, 4) is 11.5 Å². The Morgan fingerprint density at radius 1 is 1.07 bits per heavy atom. The van der Waals surface area contributed by atoms with Gasteiger partial charge < -0.3 is 14.5 Å². The van der Waals surface area contributed by atoms with Crippen LogP contribution >= 0.6 is 0 Å². The van der Waals surface area contributed by atoms with Gasteiger partial charge in [-0.25, -0.2) is 0 Å². The van der Waals surface area contributed by atoms with Gasteiger partial charge in [0.05, 0.1) is 13.7 Å². The Morgan fingerprint density at radius 2 is 1.90 bits per heavy atom. The quantitative estimate of drug-likeness (QED) is 0.510. The number of hydrazine groups is 1.